The Labute approximate surface area is 193 Å². The van der Waals surface area contributed by atoms with Crippen LogP contribution in [0, 0.1) is 0 Å². The Bertz CT molecular complexity index is 1260. The number of anilines is 2. The molecule has 0 bridgehead atoms. The van der Waals surface area contributed by atoms with Gasteiger partial charge in [-0.3, -0.25) is 0 Å². The topological polar surface area (TPSA) is 40.3 Å². The number of benzene rings is 2. The molecule has 154 valence electrons. The Kier molecular flexibility index (Phi) is 4.55. The average molecular weight is 464 g/mol. The van der Waals surface area contributed by atoms with E-state index in [4.69, 9.17) is 0 Å². The first-order chi connectivity index (χ1) is 15.1. The molecule has 1 aromatic heterocycles. The zero-order valence-corrected chi connectivity index (χ0v) is 19.4. The molecule has 0 amide bonds. The highest BCUT2D eigenvalue weighted by atomic mass is 32.2. The largest absolute Gasteiger partial charge is 0.360 e. The van der Waals surface area contributed by atoms with Crippen LogP contribution in [0.25, 0.3) is 6.08 Å². The molecule has 0 spiro atoms. The monoisotopic (exact) mass is 463 g/mol. The Morgan fingerprint density at radius 2 is 1.74 bits per heavy atom. The summed E-state index contributed by atoms with van der Waals surface area (Å²) in [5.41, 5.74) is 3.26. The van der Waals surface area contributed by atoms with Crippen molar-refractivity contribution in [3.05, 3.63) is 71.6 Å². The summed E-state index contributed by atoms with van der Waals surface area (Å²) in [4.78, 5) is 24.6. The SMILES string of the molecule is CN1/C(=C/c2cc3[n+](cn2)C(=O)[C@H]([C@H]2Sc4ccccc4N2C)S3)Sc2ccccc21. The first-order valence-electron chi connectivity index (χ1n) is 9.93. The highest BCUT2D eigenvalue weighted by Crippen LogP contribution is 2.48. The van der Waals surface area contributed by atoms with Crippen molar-refractivity contribution in [1.29, 1.82) is 0 Å². The van der Waals surface area contributed by atoms with E-state index in [1.165, 1.54) is 21.2 Å². The van der Waals surface area contributed by atoms with Gasteiger partial charge in [-0.1, -0.05) is 59.6 Å². The van der Waals surface area contributed by atoms with E-state index in [1.807, 2.05) is 12.1 Å². The number of carbonyl (C=O) groups excluding carboxylic acids is 1. The van der Waals surface area contributed by atoms with Gasteiger partial charge >= 0.3 is 5.91 Å². The molecule has 0 saturated heterocycles. The minimum absolute atomic E-state index is 0.0719. The van der Waals surface area contributed by atoms with Gasteiger partial charge in [-0.15, -0.1) is 0 Å². The van der Waals surface area contributed by atoms with Crippen LogP contribution in [-0.4, -0.2) is 35.6 Å². The van der Waals surface area contributed by atoms with Gasteiger partial charge in [0.1, 0.15) is 10.6 Å². The van der Waals surface area contributed by atoms with Crippen molar-refractivity contribution >= 4 is 58.6 Å². The second-order valence-corrected chi connectivity index (χ2v) is 11.0. The molecule has 0 N–H and O–H groups in total. The lowest BCUT2D eigenvalue weighted by Gasteiger charge is -2.23. The fraction of sp³-hybridized carbons (Fsp3) is 0.174. The maximum Gasteiger partial charge on any atom is 0.331 e. The smallest absolute Gasteiger partial charge is 0.331 e. The predicted molar refractivity (Wildman–Crippen MR) is 128 cm³/mol. The standard InChI is InChI=1S/C23H19N4OS3/c1-25-15-7-3-5-9-17(15)29-19(25)11-14-12-20-27(13-24-14)22(28)21(31-20)23-26(2)16-8-4-6-10-18(16)30-23/h3-13,21,23H,1-2H3/q+1/t21-,23-/m1/s1. The summed E-state index contributed by atoms with van der Waals surface area (Å²) in [6, 6.07) is 18.7. The normalized spacial score (nSPS) is 22.8. The third-order valence-corrected chi connectivity index (χ3v) is 9.77. The van der Waals surface area contributed by atoms with E-state index in [1.54, 1.807) is 46.2 Å². The van der Waals surface area contributed by atoms with Crippen LogP contribution in [0.15, 0.2) is 80.8 Å². The van der Waals surface area contributed by atoms with Gasteiger partial charge in [0.05, 0.1) is 16.4 Å². The lowest BCUT2D eigenvalue weighted by molar-refractivity contribution is -0.613. The first-order valence-corrected chi connectivity index (χ1v) is 12.5. The molecule has 3 aliphatic heterocycles. The molecule has 4 heterocycles. The van der Waals surface area contributed by atoms with Crippen LogP contribution in [-0.2, 0) is 0 Å². The Morgan fingerprint density at radius 3 is 2.52 bits per heavy atom. The van der Waals surface area contributed by atoms with Crippen molar-refractivity contribution in [2.24, 2.45) is 0 Å². The van der Waals surface area contributed by atoms with E-state index in [9.17, 15) is 4.79 Å². The minimum Gasteiger partial charge on any atom is -0.360 e. The van der Waals surface area contributed by atoms with E-state index in [0.29, 0.717) is 0 Å². The van der Waals surface area contributed by atoms with Crippen LogP contribution >= 0.6 is 35.3 Å². The molecule has 2 atom stereocenters. The minimum atomic E-state index is -0.167. The van der Waals surface area contributed by atoms with E-state index in [-0.39, 0.29) is 16.5 Å². The number of fused-ring (bicyclic) bond motifs is 3. The Hall–Kier alpha value is -2.42. The van der Waals surface area contributed by atoms with Crippen LogP contribution in [0.1, 0.15) is 10.5 Å². The van der Waals surface area contributed by atoms with E-state index in [0.717, 1.165) is 15.7 Å². The molecule has 0 unspecified atom stereocenters. The summed E-state index contributed by atoms with van der Waals surface area (Å²) in [5, 5.41) is 1.98. The first kappa shape index (κ1) is 19.3. The van der Waals surface area contributed by atoms with Crippen LogP contribution in [0.4, 0.5) is 11.4 Å². The Morgan fingerprint density at radius 1 is 1.00 bits per heavy atom. The molecule has 0 aliphatic carbocycles. The fourth-order valence-corrected chi connectivity index (χ4v) is 7.98. The number of aromatic nitrogens is 2. The lowest BCUT2D eigenvalue weighted by atomic mass is 10.2. The molecule has 3 aliphatic rings. The highest BCUT2D eigenvalue weighted by Gasteiger charge is 2.46. The number of nitrogens with zero attached hydrogens (tertiary/aromatic N) is 4. The van der Waals surface area contributed by atoms with Gasteiger partial charge in [-0.25, -0.2) is 4.79 Å². The highest BCUT2D eigenvalue weighted by molar-refractivity contribution is 8.04. The number of hydrogen-bond acceptors (Lipinski definition) is 7. The number of para-hydroxylation sites is 2. The lowest BCUT2D eigenvalue weighted by Crippen LogP contribution is -2.49. The molecule has 8 heteroatoms. The molecule has 3 aromatic rings. The maximum atomic E-state index is 13.2. The number of thioether (sulfide) groups is 3. The third kappa shape index (κ3) is 3.08. The van der Waals surface area contributed by atoms with Crippen molar-refractivity contribution in [1.82, 2.24) is 4.98 Å². The van der Waals surface area contributed by atoms with Gasteiger partial charge in [0.25, 0.3) is 6.33 Å². The summed E-state index contributed by atoms with van der Waals surface area (Å²) in [5.74, 6) is 0.101. The van der Waals surface area contributed by atoms with E-state index < -0.39 is 0 Å². The van der Waals surface area contributed by atoms with Gasteiger partial charge in [0, 0.05) is 36.0 Å². The Balaban J connectivity index is 1.27. The molecule has 2 aromatic carbocycles. The zero-order valence-electron chi connectivity index (χ0n) is 16.9. The third-order valence-electron chi connectivity index (χ3n) is 5.74. The molecule has 0 saturated carbocycles. The molecule has 0 fully saturated rings. The summed E-state index contributed by atoms with van der Waals surface area (Å²) in [6.45, 7) is 0. The van der Waals surface area contributed by atoms with Gasteiger partial charge in [-0.2, -0.15) is 4.57 Å². The van der Waals surface area contributed by atoms with Gasteiger partial charge < -0.3 is 9.80 Å². The van der Waals surface area contributed by atoms with E-state index in [2.05, 4.69) is 77.4 Å². The summed E-state index contributed by atoms with van der Waals surface area (Å²) >= 11 is 5.15. The van der Waals surface area contributed by atoms with Crippen molar-refractivity contribution in [3.8, 4) is 0 Å². The van der Waals surface area contributed by atoms with Crippen LogP contribution in [0.3, 0.4) is 0 Å². The molecule has 6 rings (SSSR count). The van der Waals surface area contributed by atoms with Crippen LogP contribution in [0.5, 0.6) is 0 Å². The maximum absolute atomic E-state index is 13.2. The summed E-state index contributed by atoms with van der Waals surface area (Å²) < 4.78 is 1.70. The van der Waals surface area contributed by atoms with Crippen molar-refractivity contribution in [2.75, 3.05) is 23.9 Å². The summed E-state index contributed by atoms with van der Waals surface area (Å²) in [7, 11) is 4.15. The molecule has 5 nitrogen and oxygen atoms in total. The number of carbonyl (C=O) groups is 1. The second-order valence-electron chi connectivity index (χ2n) is 7.60. The second kappa shape index (κ2) is 7.32. The number of hydrogen-bond donors (Lipinski definition) is 0. The van der Waals surface area contributed by atoms with Gasteiger partial charge in [-0.05, 0) is 29.2 Å². The van der Waals surface area contributed by atoms with Crippen molar-refractivity contribution in [2.45, 2.75) is 25.4 Å². The quantitative estimate of drug-likeness (QED) is 0.407. The molecular formula is C23H19N4OS3+. The van der Waals surface area contributed by atoms with Crippen LogP contribution < -0.4 is 14.4 Å². The fourth-order valence-electron chi connectivity index (χ4n) is 4.08. The van der Waals surface area contributed by atoms with Crippen molar-refractivity contribution in [3.63, 3.8) is 0 Å². The molecule has 31 heavy (non-hydrogen) atoms. The average Bonchev–Trinajstić information content (AvgIpc) is 3.40. The van der Waals surface area contributed by atoms with Gasteiger partial charge in [0.15, 0.2) is 10.7 Å². The molecule has 0 radical (unpaired) electrons. The predicted octanol–water partition coefficient (Wildman–Crippen LogP) is 4.59. The summed E-state index contributed by atoms with van der Waals surface area (Å²) in [6.07, 6.45) is 3.77. The van der Waals surface area contributed by atoms with Gasteiger partial charge in [0.2, 0.25) is 0 Å². The molecular weight excluding hydrogens is 444 g/mol. The van der Waals surface area contributed by atoms with Crippen molar-refractivity contribution < 1.29 is 9.36 Å². The van der Waals surface area contributed by atoms with Crippen LogP contribution in [0.2, 0.25) is 0 Å². The van der Waals surface area contributed by atoms with E-state index >= 15 is 0 Å². The zero-order chi connectivity index (χ0) is 21.1. The number of rotatable bonds is 2.